The van der Waals surface area contributed by atoms with Gasteiger partial charge in [-0.15, -0.1) is 0 Å². The van der Waals surface area contributed by atoms with Gasteiger partial charge in [0, 0.05) is 10.9 Å². The summed E-state index contributed by atoms with van der Waals surface area (Å²) in [4.78, 5) is 0. The Morgan fingerprint density at radius 3 is 2.77 bits per heavy atom. The summed E-state index contributed by atoms with van der Waals surface area (Å²) in [5.41, 5.74) is 1.02. The molecule has 0 fully saturated rings. The van der Waals surface area contributed by atoms with E-state index in [1.54, 1.807) is 13.2 Å². The molecule has 0 aliphatic carbocycles. The van der Waals surface area contributed by atoms with Gasteiger partial charge in [-0.1, -0.05) is 23.5 Å². The van der Waals surface area contributed by atoms with Gasteiger partial charge in [0.15, 0.2) is 5.06 Å². The van der Waals surface area contributed by atoms with E-state index < -0.39 is 0 Å². The number of ether oxygens (including phenoxy) is 1. The molecule has 2 aromatic rings. The minimum Gasteiger partial charge on any atom is -0.487 e. The molecule has 0 atom stereocenters. The number of thiophene rings is 1. The monoisotopic (exact) mass is 196 g/mol. The summed E-state index contributed by atoms with van der Waals surface area (Å²) in [6.07, 6.45) is 0. The molecule has 2 rings (SSSR count). The summed E-state index contributed by atoms with van der Waals surface area (Å²) in [7, 11) is 1.61. The van der Waals surface area contributed by atoms with E-state index in [-0.39, 0.29) is 5.82 Å². The molecule has 0 spiro atoms. The number of methoxy groups -OCH3 is 1. The topological polar surface area (TPSA) is 9.23 Å². The van der Waals surface area contributed by atoms with E-state index in [4.69, 9.17) is 4.74 Å². The molecular weight excluding hydrogens is 187 g/mol. The molecule has 0 saturated heterocycles. The molecule has 1 nitrogen and oxygen atoms in total. The number of hydrogen-bond acceptors (Lipinski definition) is 2. The standard InChI is InChI=1S/C10H9FOS/c1-6-7-4-3-5-8(11)9(7)13-10(6)12-2/h3-5H,1-2H3. The lowest BCUT2D eigenvalue weighted by molar-refractivity contribution is 0.425. The van der Waals surface area contributed by atoms with Crippen molar-refractivity contribution in [1.29, 1.82) is 0 Å². The molecule has 1 aromatic carbocycles. The number of aryl methyl sites for hydroxylation is 1. The Hall–Kier alpha value is -1.09. The summed E-state index contributed by atoms with van der Waals surface area (Å²) >= 11 is 1.35. The number of fused-ring (bicyclic) bond motifs is 1. The van der Waals surface area contributed by atoms with E-state index in [0.29, 0.717) is 4.70 Å². The molecule has 0 unspecified atom stereocenters. The highest BCUT2D eigenvalue weighted by Crippen LogP contribution is 2.37. The Bertz CT molecular complexity index is 447. The van der Waals surface area contributed by atoms with Crippen LogP contribution in [0.3, 0.4) is 0 Å². The molecule has 0 amide bonds. The third kappa shape index (κ3) is 1.20. The Morgan fingerprint density at radius 2 is 2.15 bits per heavy atom. The maximum absolute atomic E-state index is 13.3. The zero-order valence-corrected chi connectivity index (χ0v) is 8.24. The molecule has 0 N–H and O–H groups in total. The fourth-order valence-electron chi connectivity index (χ4n) is 1.38. The van der Waals surface area contributed by atoms with Crippen molar-refractivity contribution in [2.45, 2.75) is 6.92 Å². The van der Waals surface area contributed by atoms with Crippen LogP contribution in [0.15, 0.2) is 18.2 Å². The van der Waals surface area contributed by atoms with Crippen LogP contribution < -0.4 is 4.74 Å². The second-order valence-corrected chi connectivity index (χ2v) is 3.82. The van der Waals surface area contributed by atoms with Gasteiger partial charge in [-0.2, -0.15) is 0 Å². The molecule has 0 aliphatic rings. The Kier molecular flexibility index (Phi) is 1.96. The van der Waals surface area contributed by atoms with E-state index in [1.165, 1.54) is 17.4 Å². The van der Waals surface area contributed by atoms with Gasteiger partial charge in [0.1, 0.15) is 5.82 Å². The van der Waals surface area contributed by atoms with Crippen molar-refractivity contribution in [3.63, 3.8) is 0 Å². The largest absolute Gasteiger partial charge is 0.487 e. The molecule has 0 radical (unpaired) electrons. The maximum atomic E-state index is 13.3. The van der Waals surface area contributed by atoms with Crippen LogP contribution in [0.1, 0.15) is 5.56 Å². The van der Waals surface area contributed by atoms with Crippen LogP contribution in [0, 0.1) is 12.7 Å². The molecule has 3 heteroatoms. The lowest BCUT2D eigenvalue weighted by Gasteiger charge is -1.94. The Morgan fingerprint density at radius 1 is 1.38 bits per heavy atom. The Labute approximate surface area is 79.8 Å². The van der Waals surface area contributed by atoms with Crippen LogP contribution >= 0.6 is 11.3 Å². The molecular formula is C10H9FOS. The highest BCUT2D eigenvalue weighted by molar-refractivity contribution is 7.21. The zero-order chi connectivity index (χ0) is 9.42. The van der Waals surface area contributed by atoms with Gasteiger partial charge in [0.05, 0.1) is 11.8 Å². The SMILES string of the molecule is COc1sc2c(F)cccc2c1C. The van der Waals surface area contributed by atoms with Crippen LogP contribution in [-0.2, 0) is 0 Å². The summed E-state index contributed by atoms with van der Waals surface area (Å²) in [5, 5.41) is 1.74. The number of rotatable bonds is 1. The first-order chi connectivity index (χ1) is 6.24. The minimum absolute atomic E-state index is 0.172. The number of benzene rings is 1. The maximum Gasteiger partial charge on any atom is 0.177 e. The molecule has 1 heterocycles. The molecule has 13 heavy (non-hydrogen) atoms. The van der Waals surface area contributed by atoms with E-state index in [9.17, 15) is 4.39 Å². The van der Waals surface area contributed by atoms with Crippen molar-refractivity contribution >= 4 is 21.4 Å². The number of hydrogen-bond donors (Lipinski definition) is 0. The van der Waals surface area contributed by atoms with Crippen molar-refractivity contribution in [2.24, 2.45) is 0 Å². The zero-order valence-electron chi connectivity index (χ0n) is 7.43. The third-order valence-electron chi connectivity index (χ3n) is 2.06. The average Bonchev–Trinajstić information content (AvgIpc) is 2.45. The first kappa shape index (κ1) is 8.51. The van der Waals surface area contributed by atoms with Gasteiger partial charge in [-0.3, -0.25) is 0 Å². The molecule has 1 aromatic heterocycles. The van der Waals surface area contributed by atoms with E-state index in [0.717, 1.165) is 16.0 Å². The predicted octanol–water partition coefficient (Wildman–Crippen LogP) is 3.36. The molecule has 68 valence electrons. The van der Waals surface area contributed by atoms with Gasteiger partial charge in [-0.05, 0) is 13.0 Å². The molecule has 0 aliphatic heterocycles. The van der Waals surface area contributed by atoms with E-state index in [1.807, 2.05) is 13.0 Å². The highest BCUT2D eigenvalue weighted by atomic mass is 32.1. The summed E-state index contributed by atoms with van der Waals surface area (Å²) in [6, 6.07) is 5.10. The van der Waals surface area contributed by atoms with Gasteiger partial charge in [0.25, 0.3) is 0 Å². The lowest BCUT2D eigenvalue weighted by Crippen LogP contribution is -1.79. The third-order valence-corrected chi connectivity index (χ3v) is 3.33. The van der Waals surface area contributed by atoms with Crippen LogP contribution in [0.5, 0.6) is 5.06 Å². The van der Waals surface area contributed by atoms with Crippen LogP contribution in [-0.4, -0.2) is 7.11 Å². The van der Waals surface area contributed by atoms with E-state index >= 15 is 0 Å². The first-order valence-electron chi connectivity index (χ1n) is 3.95. The van der Waals surface area contributed by atoms with Gasteiger partial charge >= 0.3 is 0 Å². The van der Waals surface area contributed by atoms with Crippen LogP contribution in [0.4, 0.5) is 4.39 Å². The van der Waals surface area contributed by atoms with Crippen molar-refractivity contribution in [3.05, 3.63) is 29.6 Å². The van der Waals surface area contributed by atoms with Gasteiger partial charge in [0.2, 0.25) is 0 Å². The fraction of sp³-hybridized carbons (Fsp3) is 0.200. The minimum atomic E-state index is -0.172. The fourth-order valence-corrected chi connectivity index (χ4v) is 2.41. The van der Waals surface area contributed by atoms with Crippen molar-refractivity contribution in [3.8, 4) is 5.06 Å². The smallest absolute Gasteiger partial charge is 0.177 e. The van der Waals surface area contributed by atoms with Crippen LogP contribution in [0.25, 0.3) is 10.1 Å². The summed E-state index contributed by atoms with van der Waals surface area (Å²) in [6.45, 7) is 1.94. The Balaban J connectivity index is 2.83. The van der Waals surface area contributed by atoms with Crippen molar-refractivity contribution < 1.29 is 9.13 Å². The second-order valence-electron chi connectivity index (χ2n) is 2.84. The van der Waals surface area contributed by atoms with Gasteiger partial charge < -0.3 is 4.74 Å². The first-order valence-corrected chi connectivity index (χ1v) is 4.77. The summed E-state index contributed by atoms with van der Waals surface area (Å²) < 4.78 is 19.1. The van der Waals surface area contributed by atoms with E-state index in [2.05, 4.69) is 0 Å². The quantitative estimate of drug-likeness (QED) is 0.679. The summed E-state index contributed by atoms with van der Waals surface area (Å²) in [5.74, 6) is -0.172. The highest BCUT2D eigenvalue weighted by Gasteiger charge is 2.10. The number of halogens is 1. The normalized spacial score (nSPS) is 10.7. The molecule has 0 bridgehead atoms. The van der Waals surface area contributed by atoms with Gasteiger partial charge in [-0.25, -0.2) is 4.39 Å². The van der Waals surface area contributed by atoms with Crippen LogP contribution in [0.2, 0.25) is 0 Å². The second kappa shape index (κ2) is 3.00. The average molecular weight is 196 g/mol. The lowest BCUT2D eigenvalue weighted by atomic mass is 10.2. The van der Waals surface area contributed by atoms with Crippen molar-refractivity contribution in [1.82, 2.24) is 0 Å². The predicted molar refractivity (Wildman–Crippen MR) is 53.1 cm³/mol. The molecule has 0 saturated carbocycles. The van der Waals surface area contributed by atoms with Crippen molar-refractivity contribution in [2.75, 3.05) is 7.11 Å².